The van der Waals surface area contributed by atoms with Crippen molar-refractivity contribution in [3.8, 4) is 0 Å². The van der Waals surface area contributed by atoms with Gasteiger partial charge in [0.15, 0.2) is 6.04 Å². The van der Waals surface area contributed by atoms with Crippen molar-refractivity contribution < 1.29 is 24.2 Å². The zero-order chi connectivity index (χ0) is 13.0. The number of hydrazine groups is 1. The van der Waals surface area contributed by atoms with E-state index >= 15 is 0 Å². The van der Waals surface area contributed by atoms with Crippen LogP contribution >= 0.6 is 0 Å². The van der Waals surface area contributed by atoms with Crippen LogP contribution < -0.4 is 5.17 Å². The minimum Gasteiger partial charge on any atom is -0.611 e. The summed E-state index contributed by atoms with van der Waals surface area (Å²) in [5.41, 5.74) is 0. The van der Waals surface area contributed by atoms with Crippen LogP contribution in [-0.4, -0.2) is 73.3 Å². The first-order chi connectivity index (χ1) is 9.22. The van der Waals surface area contributed by atoms with Crippen LogP contribution in [0.1, 0.15) is 6.42 Å². The van der Waals surface area contributed by atoms with Gasteiger partial charge in [-0.1, -0.05) is 5.12 Å². The molecule has 0 saturated carbocycles. The molecular weight excluding hydrogens is 254 g/mol. The number of epoxide rings is 3. The first-order valence-electron chi connectivity index (χ1n) is 6.70. The lowest BCUT2D eigenvalue weighted by Crippen LogP contribution is -3.16. The molecule has 4 aliphatic heterocycles. The zero-order valence-corrected chi connectivity index (χ0v) is 10.5. The van der Waals surface area contributed by atoms with Gasteiger partial charge in [-0.2, -0.15) is 0 Å². The lowest BCUT2D eigenvalue weighted by Gasteiger charge is -2.31. The Kier molecular flexibility index (Phi) is 2.76. The number of quaternary nitrogens is 1. The van der Waals surface area contributed by atoms with E-state index in [2.05, 4.69) is 0 Å². The molecule has 8 nitrogen and oxygen atoms in total. The first-order valence-corrected chi connectivity index (χ1v) is 6.70. The van der Waals surface area contributed by atoms with Gasteiger partial charge in [0.2, 0.25) is 0 Å². The van der Waals surface area contributed by atoms with E-state index in [-0.39, 0.29) is 29.4 Å². The third-order valence-corrected chi connectivity index (χ3v) is 3.86. The fourth-order valence-electron chi connectivity index (χ4n) is 2.48. The molecule has 4 heterocycles. The molecule has 19 heavy (non-hydrogen) atoms. The van der Waals surface area contributed by atoms with E-state index in [1.807, 2.05) is 0 Å². The molecule has 0 spiro atoms. The molecule has 4 saturated heterocycles. The summed E-state index contributed by atoms with van der Waals surface area (Å²) in [5, 5.41) is 15.4. The number of hydrogen-bond donors (Lipinski definition) is 1. The van der Waals surface area contributed by atoms with Crippen molar-refractivity contribution in [2.45, 2.75) is 30.8 Å². The molecule has 106 valence electrons. The highest BCUT2D eigenvalue weighted by Gasteiger charge is 2.51. The Balaban J connectivity index is 1.48. The molecule has 0 aliphatic carbocycles. The van der Waals surface area contributed by atoms with Crippen molar-refractivity contribution in [1.29, 1.82) is 0 Å². The van der Waals surface area contributed by atoms with Crippen LogP contribution in [0.5, 0.6) is 0 Å². The van der Waals surface area contributed by atoms with Crippen LogP contribution in [-0.2, 0) is 19.0 Å². The second-order valence-corrected chi connectivity index (χ2v) is 5.50. The molecule has 4 fully saturated rings. The van der Waals surface area contributed by atoms with Gasteiger partial charge in [0.25, 0.3) is 0 Å². The lowest BCUT2D eigenvalue weighted by atomic mass is 10.1. The number of carbonyl (C=O) groups is 1. The molecule has 0 aromatic rings. The van der Waals surface area contributed by atoms with E-state index in [4.69, 9.17) is 14.2 Å². The molecule has 0 aromatic heterocycles. The molecule has 1 amide bonds. The summed E-state index contributed by atoms with van der Waals surface area (Å²) < 4.78 is 15.5. The number of rotatable bonds is 6. The summed E-state index contributed by atoms with van der Waals surface area (Å²) in [6.07, 6.45) is 0.737. The van der Waals surface area contributed by atoms with E-state index in [9.17, 15) is 10.0 Å². The molecule has 5 atom stereocenters. The van der Waals surface area contributed by atoms with Crippen molar-refractivity contribution in [2.75, 3.05) is 32.9 Å². The van der Waals surface area contributed by atoms with E-state index in [0.717, 1.165) is 0 Å². The Bertz CT molecular complexity index is 383. The van der Waals surface area contributed by atoms with Gasteiger partial charge in [0, 0.05) is 6.42 Å². The number of hydroxylamine groups is 1. The fourth-order valence-corrected chi connectivity index (χ4v) is 2.48. The normalized spacial score (nSPS) is 44.8. The van der Waals surface area contributed by atoms with Crippen molar-refractivity contribution in [2.24, 2.45) is 0 Å². The van der Waals surface area contributed by atoms with Gasteiger partial charge < -0.3 is 19.4 Å². The lowest BCUT2D eigenvalue weighted by molar-refractivity contribution is -0.991. The molecule has 0 radical (unpaired) electrons. The van der Waals surface area contributed by atoms with Crippen molar-refractivity contribution in [3.63, 3.8) is 0 Å². The number of carbonyl (C=O) groups excluding carboxylic acids is 1. The number of hydrogen-bond acceptors (Lipinski definition) is 6. The van der Waals surface area contributed by atoms with Crippen LogP contribution in [0.25, 0.3) is 0 Å². The van der Waals surface area contributed by atoms with Crippen LogP contribution in [0.2, 0.25) is 0 Å². The first kappa shape index (κ1) is 12.0. The van der Waals surface area contributed by atoms with Crippen molar-refractivity contribution in [1.82, 2.24) is 10.1 Å². The molecule has 4 aliphatic rings. The number of nitrogens with one attached hydrogen (secondary N) is 1. The van der Waals surface area contributed by atoms with Gasteiger partial charge in [0.1, 0.15) is 12.2 Å². The molecule has 8 heteroatoms. The molecular formula is C11H17N3O5. The van der Waals surface area contributed by atoms with Gasteiger partial charge >= 0.3 is 5.91 Å². The molecule has 4 rings (SSSR count). The zero-order valence-electron chi connectivity index (χ0n) is 10.5. The summed E-state index contributed by atoms with van der Waals surface area (Å²) in [5.74, 6) is -0.114. The standard InChI is InChI=1S/C11H17N3O5/c15-11-10(1-7-4-17-7)14(16)13(3-9-6-19-9)12(11)2-8-5-18-8/h7-10,14H,1-6H2. The van der Waals surface area contributed by atoms with E-state index in [1.165, 1.54) is 0 Å². The SMILES string of the molecule is O=C1C(CC2CO2)[NH+]([O-])N(CC2CO2)N1CC1CO1. The average molecular weight is 271 g/mol. The van der Waals surface area contributed by atoms with E-state index in [1.54, 1.807) is 10.1 Å². The second kappa shape index (κ2) is 4.37. The van der Waals surface area contributed by atoms with Crippen molar-refractivity contribution >= 4 is 5.91 Å². The predicted octanol–water partition coefficient (Wildman–Crippen LogP) is -2.70. The summed E-state index contributed by atoms with van der Waals surface area (Å²) in [4.78, 5) is 12.4. The van der Waals surface area contributed by atoms with Crippen LogP contribution in [0.15, 0.2) is 0 Å². The minimum absolute atomic E-state index is 0.0778. The average Bonchev–Trinajstić information content (AvgIpc) is 3.26. The maximum atomic E-state index is 12.4. The van der Waals surface area contributed by atoms with E-state index in [0.29, 0.717) is 39.3 Å². The van der Waals surface area contributed by atoms with Crippen LogP contribution in [0.3, 0.4) is 0 Å². The molecule has 0 aromatic carbocycles. The monoisotopic (exact) mass is 271 g/mol. The quantitative estimate of drug-likeness (QED) is 0.418. The smallest absolute Gasteiger partial charge is 0.301 e. The summed E-state index contributed by atoms with van der Waals surface area (Å²) >= 11 is 0. The van der Waals surface area contributed by atoms with Gasteiger partial charge in [-0.15, -0.1) is 0 Å². The largest absolute Gasteiger partial charge is 0.611 e. The van der Waals surface area contributed by atoms with Crippen LogP contribution in [0, 0.1) is 5.21 Å². The highest BCUT2D eigenvalue weighted by molar-refractivity contribution is 5.81. The summed E-state index contributed by atoms with van der Waals surface area (Å²) in [6.45, 7) is 2.94. The maximum Gasteiger partial charge on any atom is 0.301 e. The molecule has 0 bridgehead atoms. The second-order valence-electron chi connectivity index (χ2n) is 5.50. The molecule has 5 unspecified atom stereocenters. The topological polar surface area (TPSA) is 88.6 Å². The number of ether oxygens (including phenoxy) is 3. The summed E-state index contributed by atoms with van der Waals surface area (Å²) in [6, 6.07) is -0.579. The minimum atomic E-state index is -0.579. The number of amides is 1. The van der Waals surface area contributed by atoms with E-state index < -0.39 is 6.04 Å². The third kappa shape index (κ3) is 2.47. The molecule has 1 N–H and O–H groups in total. The fraction of sp³-hybridized carbons (Fsp3) is 0.909. The van der Waals surface area contributed by atoms with Gasteiger partial charge in [-0.3, -0.25) is 9.97 Å². The van der Waals surface area contributed by atoms with Crippen LogP contribution in [0.4, 0.5) is 0 Å². The predicted molar refractivity (Wildman–Crippen MR) is 60.4 cm³/mol. The van der Waals surface area contributed by atoms with Gasteiger partial charge in [0.05, 0.1) is 39.0 Å². The summed E-state index contributed by atoms with van der Waals surface area (Å²) in [7, 11) is 0. The Morgan fingerprint density at radius 2 is 1.68 bits per heavy atom. The third-order valence-electron chi connectivity index (χ3n) is 3.86. The Labute approximate surface area is 110 Å². The Morgan fingerprint density at radius 1 is 1.11 bits per heavy atom. The Morgan fingerprint density at radius 3 is 2.26 bits per heavy atom. The van der Waals surface area contributed by atoms with Gasteiger partial charge in [-0.25, -0.2) is 5.01 Å². The van der Waals surface area contributed by atoms with Crippen molar-refractivity contribution in [3.05, 3.63) is 5.21 Å². The highest BCUT2D eigenvalue weighted by Crippen LogP contribution is 2.22. The number of nitrogens with zero attached hydrogens (tertiary/aromatic N) is 2. The van der Waals surface area contributed by atoms with Gasteiger partial charge in [-0.05, 0) is 0 Å². The maximum absolute atomic E-state index is 12.4. The Hall–Kier alpha value is -0.770. The highest BCUT2D eigenvalue weighted by atomic mass is 16.6.